The molecule has 1 spiro atoms. The van der Waals surface area contributed by atoms with Crippen molar-refractivity contribution >= 4 is 17.7 Å². The second-order valence-corrected chi connectivity index (χ2v) is 8.60. The van der Waals surface area contributed by atoms with Gasteiger partial charge >= 0.3 is 0 Å². The minimum Gasteiger partial charge on any atom is -0.383 e. The van der Waals surface area contributed by atoms with Crippen LogP contribution < -0.4 is 5.32 Å². The molecule has 0 aliphatic carbocycles. The summed E-state index contributed by atoms with van der Waals surface area (Å²) in [6, 6.07) is 9.78. The smallest absolute Gasteiger partial charge is 0.242 e. The number of rotatable bonds is 9. The van der Waals surface area contributed by atoms with Gasteiger partial charge in [-0.15, -0.1) is 0 Å². The van der Waals surface area contributed by atoms with Gasteiger partial charge in [0.1, 0.15) is 6.04 Å². The Bertz CT molecular complexity index is 759. The molecule has 2 saturated heterocycles. The number of carbonyl (C=O) groups excluding carboxylic acids is 3. The summed E-state index contributed by atoms with van der Waals surface area (Å²) < 4.78 is 4.99. The lowest BCUT2D eigenvalue weighted by molar-refractivity contribution is -0.143. The number of hydrogen-bond donors (Lipinski definition) is 1. The van der Waals surface area contributed by atoms with Gasteiger partial charge in [0, 0.05) is 39.7 Å². The first-order chi connectivity index (χ1) is 15.0. The fourth-order valence-electron chi connectivity index (χ4n) is 4.85. The number of carbonyl (C=O) groups is 3. The van der Waals surface area contributed by atoms with E-state index in [0.717, 1.165) is 12.8 Å². The van der Waals surface area contributed by atoms with Crippen molar-refractivity contribution < 1.29 is 19.1 Å². The number of nitrogens with zero attached hydrogens (tertiary/aromatic N) is 2. The normalized spacial score (nSPS) is 20.3. The minimum absolute atomic E-state index is 0.0677. The van der Waals surface area contributed by atoms with E-state index in [2.05, 4.69) is 17.4 Å². The number of likely N-dealkylation sites (tertiary alicyclic amines) is 2. The second-order valence-electron chi connectivity index (χ2n) is 8.60. The van der Waals surface area contributed by atoms with Crippen molar-refractivity contribution in [1.29, 1.82) is 0 Å². The molecule has 1 atom stereocenters. The lowest BCUT2D eigenvalue weighted by Crippen LogP contribution is -2.47. The van der Waals surface area contributed by atoms with Gasteiger partial charge in [-0.25, -0.2) is 0 Å². The molecule has 0 saturated carbocycles. The predicted octanol–water partition coefficient (Wildman–Crippen LogP) is 2.00. The van der Waals surface area contributed by atoms with Crippen LogP contribution in [0.25, 0.3) is 0 Å². The first kappa shape index (κ1) is 23.3. The van der Waals surface area contributed by atoms with Gasteiger partial charge in [-0.1, -0.05) is 30.3 Å². The monoisotopic (exact) mass is 429 g/mol. The maximum absolute atomic E-state index is 13.2. The number of aryl methyl sites for hydroxylation is 1. The third kappa shape index (κ3) is 5.45. The quantitative estimate of drug-likeness (QED) is 0.609. The van der Waals surface area contributed by atoms with Crippen LogP contribution in [0.4, 0.5) is 0 Å². The standard InChI is InChI=1S/C24H35N3O4/c1-3-27-20(22(29)25-14-17-31-2)18-24(23(27)30)12-15-26(16-13-24)21(28)11-7-10-19-8-5-4-6-9-19/h4-6,8-9,20H,3,7,10-18H2,1-2H3,(H,25,29). The molecular weight excluding hydrogens is 394 g/mol. The van der Waals surface area contributed by atoms with Crippen LogP contribution in [0.15, 0.2) is 30.3 Å². The van der Waals surface area contributed by atoms with Crippen molar-refractivity contribution in [3.8, 4) is 0 Å². The van der Waals surface area contributed by atoms with Crippen molar-refractivity contribution in [3.63, 3.8) is 0 Å². The van der Waals surface area contributed by atoms with E-state index in [-0.39, 0.29) is 17.7 Å². The number of hydrogen-bond acceptors (Lipinski definition) is 4. The molecule has 1 aromatic rings. The topological polar surface area (TPSA) is 79.0 Å². The third-order valence-electron chi connectivity index (χ3n) is 6.70. The maximum atomic E-state index is 13.2. The van der Waals surface area contributed by atoms with Crippen molar-refractivity contribution in [3.05, 3.63) is 35.9 Å². The molecule has 7 nitrogen and oxygen atoms in total. The van der Waals surface area contributed by atoms with Gasteiger partial charge in [0.2, 0.25) is 17.7 Å². The second kappa shape index (κ2) is 10.8. The minimum atomic E-state index is -0.514. The van der Waals surface area contributed by atoms with Crippen molar-refractivity contribution in [2.24, 2.45) is 5.41 Å². The predicted molar refractivity (Wildman–Crippen MR) is 118 cm³/mol. The lowest BCUT2D eigenvalue weighted by atomic mass is 9.76. The summed E-state index contributed by atoms with van der Waals surface area (Å²) >= 11 is 0. The molecule has 1 N–H and O–H groups in total. The highest BCUT2D eigenvalue weighted by molar-refractivity contribution is 5.94. The summed E-state index contributed by atoms with van der Waals surface area (Å²) in [6.07, 6.45) is 4.06. The molecule has 31 heavy (non-hydrogen) atoms. The van der Waals surface area contributed by atoms with E-state index in [9.17, 15) is 14.4 Å². The molecule has 170 valence electrons. The zero-order chi connectivity index (χ0) is 22.3. The average Bonchev–Trinajstić information content (AvgIpc) is 3.06. The number of piperidine rings is 1. The van der Waals surface area contributed by atoms with Gasteiger partial charge in [-0.3, -0.25) is 14.4 Å². The van der Waals surface area contributed by atoms with Crippen LogP contribution in [-0.2, 0) is 25.5 Å². The average molecular weight is 430 g/mol. The highest BCUT2D eigenvalue weighted by Gasteiger charge is 2.54. The van der Waals surface area contributed by atoms with E-state index in [1.807, 2.05) is 30.0 Å². The third-order valence-corrected chi connectivity index (χ3v) is 6.70. The number of methoxy groups -OCH3 is 1. The van der Waals surface area contributed by atoms with Gasteiger partial charge in [0.05, 0.1) is 12.0 Å². The van der Waals surface area contributed by atoms with Crippen LogP contribution in [0, 0.1) is 5.41 Å². The molecule has 0 aromatic heterocycles. The summed E-state index contributed by atoms with van der Waals surface area (Å²) in [5, 5.41) is 2.87. The Morgan fingerprint density at radius 3 is 2.55 bits per heavy atom. The Morgan fingerprint density at radius 2 is 1.90 bits per heavy atom. The molecule has 1 aromatic carbocycles. The molecule has 3 amide bonds. The Labute approximate surface area is 185 Å². The van der Waals surface area contributed by atoms with E-state index in [0.29, 0.717) is 58.5 Å². The molecule has 0 radical (unpaired) electrons. The van der Waals surface area contributed by atoms with Gasteiger partial charge in [-0.05, 0) is 44.6 Å². The van der Waals surface area contributed by atoms with Crippen LogP contribution in [0.3, 0.4) is 0 Å². The molecule has 0 bridgehead atoms. The van der Waals surface area contributed by atoms with E-state index < -0.39 is 11.5 Å². The van der Waals surface area contributed by atoms with Gasteiger partial charge in [0.25, 0.3) is 0 Å². The Hall–Kier alpha value is -2.41. The van der Waals surface area contributed by atoms with E-state index >= 15 is 0 Å². The number of nitrogens with one attached hydrogen (secondary N) is 1. The SMILES string of the molecule is CCN1C(=O)C2(CCN(C(=O)CCCc3ccccc3)CC2)CC1C(=O)NCCOC. The van der Waals surface area contributed by atoms with Gasteiger partial charge in [-0.2, -0.15) is 0 Å². The molecule has 2 aliphatic heterocycles. The Balaban J connectivity index is 1.51. The first-order valence-electron chi connectivity index (χ1n) is 11.4. The molecule has 7 heteroatoms. The Kier molecular flexibility index (Phi) is 8.07. The van der Waals surface area contributed by atoms with Crippen molar-refractivity contribution in [2.75, 3.05) is 39.9 Å². The maximum Gasteiger partial charge on any atom is 0.242 e. The van der Waals surface area contributed by atoms with E-state index in [4.69, 9.17) is 4.74 Å². The fourth-order valence-corrected chi connectivity index (χ4v) is 4.85. The lowest BCUT2D eigenvalue weighted by Gasteiger charge is -2.38. The zero-order valence-electron chi connectivity index (χ0n) is 18.8. The van der Waals surface area contributed by atoms with E-state index in [1.54, 1.807) is 12.0 Å². The van der Waals surface area contributed by atoms with Gasteiger partial charge in [0.15, 0.2) is 0 Å². The summed E-state index contributed by atoms with van der Waals surface area (Å²) in [4.78, 5) is 42.1. The van der Waals surface area contributed by atoms with Crippen LogP contribution in [0.2, 0.25) is 0 Å². The Morgan fingerprint density at radius 1 is 1.19 bits per heavy atom. The number of benzene rings is 1. The summed E-state index contributed by atoms with van der Waals surface area (Å²) in [5.74, 6) is 0.124. The van der Waals surface area contributed by atoms with Crippen molar-refractivity contribution in [1.82, 2.24) is 15.1 Å². The largest absolute Gasteiger partial charge is 0.383 e. The molecular formula is C24H35N3O4. The van der Waals surface area contributed by atoms with E-state index in [1.165, 1.54) is 5.56 Å². The first-order valence-corrected chi connectivity index (χ1v) is 11.4. The van der Waals surface area contributed by atoms with Crippen LogP contribution in [0.5, 0.6) is 0 Å². The summed E-state index contributed by atoms with van der Waals surface area (Å²) in [7, 11) is 1.59. The summed E-state index contributed by atoms with van der Waals surface area (Å²) in [5.41, 5.74) is 0.735. The number of amides is 3. The molecule has 2 aliphatic rings. The molecule has 2 heterocycles. The van der Waals surface area contributed by atoms with Crippen LogP contribution in [-0.4, -0.2) is 73.5 Å². The number of likely N-dealkylation sites (N-methyl/N-ethyl adjacent to an activating group) is 1. The molecule has 2 fully saturated rings. The van der Waals surface area contributed by atoms with Crippen LogP contribution >= 0.6 is 0 Å². The fraction of sp³-hybridized carbons (Fsp3) is 0.625. The highest BCUT2D eigenvalue weighted by Crippen LogP contribution is 2.44. The zero-order valence-corrected chi connectivity index (χ0v) is 18.8. The summed E-state index contributed by atoms with van der Waals surface area (Å²) in [6.45, 7) is 4.50. The number of ether oxygens (including phenoxy) is 1. The highest BCUT2D eigenvalue weighted by atomic mass is 16.5. The molecule has 1 unspecified atom stereocenters. The molecule has 3 rings (SSSR count). The van der Waals surface area contributed by atoms with Crippen molar-refractivity contribution in [2.45, 2.75) is 51.5 Å². The van der Waals surface area contributed by atoms with Gasteiger partial charge < -0.3 is 19.9 Å². The van der Waals surface area contributed by atoms with Crippen LogP contribution in [0.1, 0.15) is 44.6 Å².